The third kappa shape index (κ3) is 1.82. The van der Waals surface area contributed by atoms with E-state index in [4.69, 9.17) is 5.11 Å². The molecule has 0 saturated carbocycles. The zero-order chi connectivity index (χ0) is 11.5. The van der Waals surface area contributed by atoms with Gasteiger partial charge in [-0.3, -0.25) is 0 Å². The van der Waals surface area contributed by atoms with Gasteiger partial charge in [0.05, 0.1) is 25.6 Å². The molecule has 0 radical (unpaired) electrons. The van der Waals surface area contributed by atoms with Crippen LogP contribution in [0, 0.1) is 0 Å². The van der Waals surface area contributed by atoms with Gasteiger partial charge in [-0.2, -0.15) is 0 Å². The van der Waals surface area contributed by atoms with Gasteiger partial charge in [0.25, 0.3) is 0 Å². The van der Waals surface area contributed by atoms with Gasteiger partial charge in [-0.25, -0.2) is 15.0 Å². The number of rotatable bonds is 4. The van der Waals surface area contributed by atoms with E-state index in [9.17, 15) is 5.11 Å². The summed E-state index contributed by atoms with van der Waals surface area (Å²) in [7, 11) is 1.75. The van der Waals surface area contributed by atoms with Crippen molar-refractivity contribution in [3.05, 3.63) is 12.7 Å². The number of hydrogen-bond donors (Lipinski definition) is 3. The van der Waals surface area contributed by atoms with Gasteiger partial charge >= 0.3 is 0 Å². The summed E-state index contributed by atoms with van der Waals surface area (Å²) >= 11 is 0. The number of aromatic nitrogens is 4. The molecule has 0 aromatic carbocycles. The summed E-state index contributed by atoms with van der Waals surface area (Å²) in [4.78, 5) is 12.3. The van der Waals surface area contributed by atoms with Crippen LogP contribution in [-0.2, 0) is 6.54 Å². The molecule has 1 unspecified atom stereocenters. The van der Waals surface area contributed by atoms with E-state index in [0.717, 1.165) is 0 Å². The van der Waals surface area contributed by atoms with Crippen molar-refractivity contribution in [2.45, 2.75) is 12.6 Å². The van der Waals surface area contributed by atoms with Crippen LogP contribution < -0.4 is 5.32 Å². The van der Waals surface area contributed by atoms with Crippen LogP contribution in [0.3, 0.4) is 0 Å². The van der Waals surface area contributed by atoms with Gasteiger partial charge in [-0.05, 0) is 0 Å². The molecular weight excluding hydrogens is 210 g/mol. The molecule has 0 aliphatic heterocycles. The smallest absolute Gasteiger partial charge is 0.165 e. The second kappa shape index (κ2) is 4.42. The first-order chi connectivity index (χ1) is 7.76. The lowest BCUT2D eigenvalue weighted by Gasteiger charge is -2.08. The predicted molar refractivity (Wildman–Crippen MR) is 58.0 cm³/mol. The van der Waals surface area contributed by atoms with Crippen molar-refractivity contribution in [1.82, 2.24) is 19.5 Å². The first-order valence-electron chi connectivity index (χ1n) is 4.88. The normalized spacial score (nSPS) is 12.9. The molecule has 2 aromatic rings. The van der Waals surface area contributed by atoms with E-state index in [1.54, 1.807) is 17.9 Å². The van der Waals surface area contributed by atoms with Crippen LogP contribution in [0.2, 0.25) is 0 Å². The average Bonchev–Trinajstić information content (AvgIpc) is 2.72. The molecule has 3 N–H and O–H groups in total. The van der Waals surface area contributed by atoms with E-state index < -0.39 is 6.10 Å². The minimum absolute atomic E-state index is 0.257. The Kier molecular flexibility index (Phi) is 2.97. The number of fused-ring (bicyclic) bond motifs is 1. The van der Waals surface area contributed by atoms with Gasteiger partial charge in [0.1, 0.15) is 11.8 Å². The number of anilines is 1. The Bertz CT molecular complexity index is 484. The Morgan fingerprint density at radius 1 is 1.44 bits per heavy atom. The largest absolute Gasteiger partial charge is 0.394 e. The lowest BCUT2D eigenvalue weighted by atomic mass is 10.4. The molecule has 0 spiro atoms. The third-order valence-corrected chi connectivity index (χ3v) is 2.26. The summed E-state index contributed by atoms with van der Waals surface area (Å²) in [6.07, 6.45) is 2.18. The highest BCUT2D eigenvalue weighted by Crippen LogP contribution is 2.16. The highest BCUT2D eigenvalue weighted by atomic mass is 16.3. The zero-order valence-corrected chi connectivity index (χ0v) is 8.83. The second-order valence-corrected chi connectivity index (χ2v) is 3.38. The number of hydrogen-bond acceptors (Lipinski definition) is 6. The van der Waals surface area contributed by atoms with Crippen LogP contribution >= 0.6 is 0 Å². The van der Waals surface area contributed by atoms with Crippen molar-refractivity contribution >= 4 is 17.0 Å². The molecule has 2 heterocycles. The number of aliphatic hydroxyl groups excluding tert-OH is 2. The SMILES string of the molecule is CNc1ncnc2c1ncn2CC(O)CO. The van der Waals surface area contributed by atoms with Crippen molar-refractivity contribution in [2.75, 3.05) is 19.0 Å². The van der Waals surface area contributed by atoms with Crippen LogP contribution in [0.1, 0.15) is 0 Å². The fourth-order valence-corrected chi connectivity index (χ4v) is 1.48. The summed E-state index contributed by atoms with van der Waals surface area (Å²) in [6.45, 7) is -0.0309. The number of aliphatic hydroxyl groups is 2. The van der Waals surface area contributed by atoms with Gasteiger partial charge < -0.3 is 20.1 Å². The Hall–Kier alpha value is -1.73. The Morgan fingerprint density at radius 2 is 2.25 bits per heavy atom. The summed E-state index contributed by atoms with van der Waals surface area (Å²) in [5, 5.41) is 21.0. The molecule has 0 aliphatic rings. The monoisotopic (exact) mass is 223 g/mol. The Labute approximate surface area is 91.8 Å². The maximum absolute atomic E-state index is 9.36. The second-order valence-electron chi connectivity index (χ2n) is 3.38. The molecule has 7 nitrogen and oxygen atoms in total. The van der Waals surface area contributed by atoms with Crippen molar-refractivity contribution < 1.29 is 10.2 Å². The molecular formula is C9H13N5O2. The fraction of sp³-hybridized carbons (Fsp3) is 0.444. The summed E-state index contributed by atoms with van der Waals surface area (Å²) in [6, 6.07) is 0. The van der Waals surface area contributed by atoms with Gasteiger partial charge in [-0.1, -0.05) is 0 Å². The maximum Gasteiger partial charge on any atom is 0.165 e. The molecule has 0 fully saturated rings. The number of nitrogens with one attached hydrogen (secondary N) is 1. The molecule has 0 amide bonds. The molecule has 0 saturated heterocycles. The summed E-state index contributed by atoms with van der Waals surface area (Å²) in [5.74, 6) is 0.641. The van der Waals surface area contributed by atoms with Crippen LogP contribution in [0.5, 0.6) is 0 Å². The molecule has 0 bridgehead atoms. The highest BCUT2D eigenvalue weighted by Gasteiger charge is 2.11. The van der Waals surface area contributed by atoms with Crippen LogP contribution in [0.15, 0.2) is 12.7 Å². The van der Waals surface area contributed by atoms with Crippen molar-refractivity contribution in [3.8, 4) is 0 Å². The van der Waals surface area contributed by atoms with Crippen molar-refractivity contribution in [3.63, 3.8) is 0 Å². The first-order valence-corrected chi connectivity index (χ1v) is 4.88. The van der Waals surface area contributed by atoms with Gasteiger partial charge in [-0.15, -0.1) is 0 Å². The first kappa shape index (κ1) is 10.8. The molecule has 1 atom stereocenters. The lowest BCUT2D eigenvalue weighted by Crippen LogP contribution is -2.19. The minimum atomic E-state index is -0.814. The quantitative estimate of drug-likeness (QED) is 0.629. The fourth-order valence-electron chi connectivity index (χ4n) is 1.48. The van der Waals surface area contributed by atoms with Crippen molar-refractivity contribution in [2.24, 2.45) is 0 Å². The van der Waals surface area contributed by atoms with Gasteiger partial charge in [0.15, 0.2) is 11.5 Å². The minimum Gasteiger partial charge on any atom is -0.394 e. The third-order valence-electron chi connectivity index (χ3n) is 2.26. The summed E-state index contributed by atoms with van der Waals surface area (Å²) in [5.41, 5.74) is 1.28. The Morgan fingerprint density at radius 3 is 2.94 bits per heavy atom. The Balaban J connectivity index is 2.41. The standard InChI is InChI=1S/C9H13N5O2/c1-10-8-7-9(12-4-11-8)14(5-13-7)2-6(16)3-15/h4-6,15-16H,2-3H2,1H3,(H,10,11,12). The van der Waals surface area contributed by atoms with E-state index in [1.165, 1.54) is 6.33 Å². The average molecular weight is 223 g/mol. The lowest BCUT2D eigenvalue weighted by molar-refractivity contribution is 0.0820. The van der Waals surface area contributed by atoms with E-state index in [1.807, 2.05) is 0 Å². The zero-order valence-electron chi connectivity index (χ0n) is 8.83. The van der Waals surface area contributed by atoms with Crippen LogP contribution in [0.4, 0.5) is 5.82 Å². The number of nitrogens with zero attached hydrogens (tertiary/aromatic N) is 4. The maximum atomic E-state index is 9.36. The molecule has 16 heavy (non-hydrogen) atoms. The highest BCUT2D eigenvalue weighted by molar-refractivity contribution is 5.82. The van der Waals surface area contributed by atoms with E-state index >= 15 is 0 Å². The van der Waals surface area contributed by atoms with Gasteiger partial charge in [0, 0.05) is 7.05 Å². The van der Waals surface area contributed by atoms with Gasteiger partial charge in [0.2, 0.25) is 0 Å². The van der Waals surface area contributed by atoms with Crippen LogP contribution in [-0.4, -0.2) is 49.5 Å². The molecule has 7 heteroatoms. The molecule has 86 valence electrons. The summed E-state index contributed by atoms with van der Waals surface area (Å²) < 4.78 is 1.68. The molecule has 2 aromatic heterocycles. The molecule has 0 aliphatic carbocycles. The topological polar surface area (TPSA) is 96.1 Å². The van der Waals surface area contributed by atoms with E-state index in [-0.39, 0.29) is 13.2 Å². The van der Waals surface area contributed by atoms with Crippen LogP contribution in [0.25, 0.3) is 11.2 Å². The van der Waals surface area contributed by atoms with Crippen molar-refractivity contribution in [1.29, 1.82) is 0 Å². The van der Waals surface area contributed by atoms with E-state index in [2.05, 4.69) is 20.3 Å². The molecule has 2 rings (SSSR count). The number of imidazole rings is 1. The predicted octanol–water partition coefficient (Wildman–Crippen LogP) is -0.779. The van der Waals surface area contributed by atoms with E-state index in [0.29, 0.717) is 17.0 Å².